The molecule has 0 fully saturated rings. The van der Waals surface area contributed by atoms with Crippen LogP contribution in [-0.4, -0.2) is 33.6 Å². The highest BCUT2D eigenvalue weighted by Crippen LogP contribution is 2.21. The van der Waals surface area contributed by atoms with Gasteiger partial charge >= 0.3 is 0 Å². The van der Waals surface area contributed by atoms with Gasteiger partial charge < -0.3 is 10.6 Å². The van der Waals surface area contributed by atoms with E-state index in [4.69, 9.17) is 0 Å². The average molecular weight is 351 g/mol. The van der Waals surface area contributed by atoms with Crippen molar-refractivity contribution in [2.75, 3.05) is 7.05 Å². The molecule has 0 saturated carbocycles. The Morgan fingerprint density at radius 1 is 1.12 bits per heavy atom. The highest BCUT2D eigenvalue weighted by Gasteiger charge is 2.17. The van der Waals surface area contributed by atoms with Gasteiger partial charge in [0.15, 0.2) is 5.65 Å². The van der Waals surface area contributed by atoms with Crippen LogP contribution in [0.5, 0.6) is 0 Å². The lowest BCUT2D eigenvalue weighted by atomic mass is 10.1. The topological polar surface area (TPSA) is 88.9 Å². The van der Waals surface area contributed by atoms with Crippen LogP contribution in [0.3, 0.4) is 0 Å². The predicted octanol–water partition coefficient (Wildman–Crippen LogP) is 1.87. The summed E-state index contributed by atoms with van der Waals surface area (Å²) in [5.74, 6) is -0.311. The number of rotatable bonds is 4. The molecular weight excluding hydrogens is 330 g/mol. The molecule has 2 N–H and O–H groups in total. The minimum Gasteiger partial charge on any atom is -0.355 e. The standard InChI is InChI=1S/C19H21N5O2/c1-11-9-15(16-12(2)23-24(4)17(16)22-11)19(26)21-10-13-5-7-14(8-6-13)18(25)20-3/h5-9H,10H2,1-4H3,(H,20,25)(H,21,26). The number of hydrogen-bond acceptors (Lipinski definition) is 4. The number of nitrogens with zero attached hydrogens (tertiary/aromatic N) is 3. The molecule has 0 bridgehead atoms. The van der Waals surface area contributed by atoms with Crippen molar-refractivity contribution in [1.82, 2.24) is 25.4 Å². The summed E-state index contributed by atoms with van der Waals surface area (Å²) in [4.78, 5) is 28.8. The number of aryl methyl sites for hydroxylation is 3. The minimum atomic E-state index is -0.174. The molecule has 3 aromatic rings. The molecule has 0 unspecified atom stereocenters. The van der Waals surface area contributed by atoms with Crippen LogP contribution in [0.25, 0.3) is 11.0 Å². The molecule has 7 nitrogen and oxygen atoms in total. The van der Waals surface area contributed by atoms with Crippen LogP contribution < -0.4 is 10.6 Å². The van der Waals surface area contributed by atoms with Crippen LogP contribution in [0.15, 0.2) is 30.3 Å². The monoisotopic (exact) mass is 351 g/mol. The summed E-state index contributed by atoms with van der Waals surface area (Å²) in [6.07, 6.45) is 0. The second-order valence-electron chi connectivity index (χ2n) is 6.18. The number of amides is 2. The number of carbonyl (C=O) groups is 2. The van der Waals surface area contributed by atoms with E-state index < -0.39 is 0 Å². The molecule has 0 atom stereocenters. The molecule has 134 valence electrons. The fourth-order valence-corrected chi connectivity index (χ4v) is 2.94. The number of nitrogens with one attached hydrogen (secondary N) is 2. The van der Waals surface area contributed by atoms with Crippen molar-refractivity contribution in [2.24, 2.45) is 7.05 Å². The Kier molecular flexibility index (Phi) is 4.71. The van der Waals surface area contributed by atoms with Gasteiger partial charge in [0.2, 0.25) is 0 Å². The van der Waals surface area contributed by atoms with Gasteiger partial charge in [0.1, 0.15) is 0 Å². The summed E-state index contributed by atoms with van der Waals surface area (Å²) in [5.41, 5.74) is 4.30. The number of carbonyl (C=O) groups excluding carboxylic acids is 2. The first-order valence-electron chi connectivity index (χ1n) is 8.31. The van der Waals surface area contributed by atoms with E-state index >= 15 is 0 Å². The minimum absolute atomic E-state index is 0.137. The van der Waals surface area contributed by atoms with E-state index in [2.05, 4.69) is 20.7 Å². The van der Waals surface area contributed by atoms with Crippen molar-refractivity contribution in [2.45, 2.75) is 20.4 Å². The third-order valence-corrected chi connectivity index (χ3v) is 4.24. The lowest BCUT2D eigenvalue weighted by Crippen LogP contribution is -2.23. The lowest BCUT2D eigenvalue weighted by molar-refractivity contribution is 0.0947. The van der Waals surface area contributed by atoms with Crippen LogP contribution in [0.2, 0.25) is 0 Å². The highest BCUT2D eigenvalue weighted by molar-refractivity contribution is 6.06. The van der Waals surface area contributed by atoms with Crippen molar-refractivity contribution in [3.8, 4) is 0 Å². The Hall–Kier alpha value is -3.22. The first kappa shape index (κ1) is 17.6. The molecule has 0 aliphatic heterocycles. The molecule has 0 radical (unpaired) electrons. The van der Waals surface area contributed by atoms with E-state index in [9.17, 15) is 9.59 Å². The molecule has 7 heteroatoms. The van der Waals surface area contributed by atoms with Crippen LogP contribution in [0.1, 0.15) is 37.7 Å². The summed E-state index contributed by atoms with van der Waals surface area (Å²) < 4.78 is 1.69. The molecule has 0 aliphatic rings. The van der Waals surface area contributed by atoms with Crippen molar-refractivity contribution in [3.63, 3.8) is 0 Å². The number of aromatic nitrogens is 3. The molecule has 2 amide bonds. The smallest absolute Gasteiger partial charge is 0.252 e. The number of fused-ring (bicyclic) bond motifs is 1. The molecule has 0 spiro atoms. The van der Waals surface area contributed by atoms with Gasteiger partial charge in [0, 0.05) is 31.9 Å². The van der Waals surface area contributed by atoms with Gasteiger partial charge in [-0.25, -0.2) is 4.98 Å². The average Bonchev–Trinajstić information content (AvgIpc) is 2.92. The van der Waals surface area contributed by atoms with E-state index in [0.29, 0.717) is 23.3 Å². The summed E-state index contributed by atoms with van der Waals surface area (Å²) in [5, 5.41) is 10.6. The molecule has 2 aromatic heterocycles. The summed E-state index contributed by atoms with van der Waals surface area (Å²) in [6.45, 7) is 4.10. The zero-order valence-corrected chi connectivity index (χ0v) is 15.3. The van der Waals surface area contributed by atoms with Crippen LogP contribution in [-0.2, 0) is 13.6 Å². The molecule has 26 heavy (non-hydrogen) atoms. The maximum Gasteiger partial charge on any atom is 0.252 e. The van der Waals surface area contributed by atoms with E-state index in [1.54, 1.807) is 29.9 Å². The predicted molar refractivity (Wildman–Crippen MR) is 99.0 cm³/mol. The molecule has 1 aromatic carbocycles. The highest BCUT2D eigenvalue weighted by atomic mass is 16.2. The quantitative estimate of drug-likeness (QED) is 0.751. The summed E-state index contributed by atoms with van der Waals surface area (Å²) >= 11 is 0. The Balaban J connectivity index is 1.81. The zero-order valence-electron chi connectivity index (χ0n) is 15.3. The zero-order chi connectivity index (χ0) is 18.8. The number of pyridine rings is 1. The Morgan fingerprint density at radius 2 is 1.81 bits per heavy atom. The van der Waals surface area contributed by atoms with Gasteiger partial charge in [0.25, 0.3) is 11.8 Å². The Bertz CT molecular complexity index is 989. The fourth-order valence-electron chi connectivity index (χ4n) is 2.94. The van der Waals surface area contributed by atoms with Gasteiger partial charge in [-0.2, -0.15) is 5.10 Å². The van der Waals surface area contributed by atoms with Gasteiger partial charge in [-0.05, 0) is 37.6 Å². The Morgan fingerprint density at radius 3 is 2.46 bits per heavy atom. The lowest BCUT2D eigenvalue weighted by Gasteiger charge is -2.08. The van der Waals surface area contributed by atoms with Gasteiger partial charge in [0.05, 0.1) is 16.6 Å². The second-order valence-corrected chi connectivity index (χ2v) is 6.18. The van der Waals surface area contributed by atoms with E-state index in [1.165, 1.54) is 0 Å². The van der Waals surface area contributed by atoms with Gasteiger partial charge in [-0.1, -0.05) is 12.1 Å². The van der Waals surface area contributed by atoms with Crippen LogP contribution in [0.4, 0.5) is 0 Å². The first-order chi connectivity index (χ1) is 12.4. The number of hydrogen-bond donors (Lipinski definition) is 2. The van der Waals surface area contributed by atoms with Crippen molar-refractivity contribution in [1.29, 1.82) is 0 Å². The van der Waals surface area contributed by atoms with Crippen molar-refractivity contribution in [3.05, 3.63) is 58.4 Å². The second kappa shape index (κ2) is 6.95. The summed E-state index contributed by atoms with van der Waals surface area (Å²) in [7, 11) is 3.41. The third-order valence-electron chi connectivity index (χ3n) is 4.24. The molecule has 2 heterocycles. The molecule has 3 rings (SSSR count). The molecular formula is C19H21N5O2. The van der Waals surface area contributed by atoms with E-state index in [0.717, 1.165) is 22.3 Å². The molecule has 0 saturated heterocycles. The maximum absolute atomic E-state index is 12.7. The van der Waals surface area contributed by atoms with E-state index in [1.807, 2.05) is 33.0 Å². The van der Waals surface area contributed by atoms with Gasteiger partial charge in [-0.15, -0.1) is 0 Å². The number of benzene rings is 1. The van der Waals surface area contributed by atoms with Crippen molar-refractivity contribution < 1.29 is 9.59 Å². The van der Waals surface area contributed by atoms with E-state index in [-0.39, 0.29) is 11.8 Å². The van der Waals surface area contributed by atoms with Crippen LogP contribution >= 0.6 is 0 Å². The normalized spacial score (nSPS) is 10.8. The third kappa shape index (κ3) is 3.28. The maximum atomic E-state index is 12.7. The Labute approximate surface area is 151 Å². The summed E-state index contributed by atoms with van der Waals surface area (Å²) in [6, 6.07) is 8.91. The first-order valence-corrected chi connectivity index (χ1v) is 8.31. The largest absolute Gasteiger partial charge is 0.355 e. The van der Waals surface area contributed by atoms with Crippen molar-refractivity contribution >= 4 is 22.8 Å². The van der Waals surface area contributed by atoms with Crippen LogP contribution in [0, 0.1) is 13.8 Å². The SMILES string of the molecule is CNC(=O)c1ccc(CNC(=O)c2cc(C)nc3c2c(C)nn3C)cc1. The fraction of sp³-hybridized carbons (Fsp3) is 0.263. The van der Waals surface area contributed by atoms with Gasteiger partial charge in [-0.3, -0.25) is 14.3 Å². The molecule has 0 aliphatic carbocycles.